The van der Waals surface area contributed by atoms with Crippen LogP contribution in [-0.4, -0.2) is 55.6 Å². The summed E-state index contributed by atoms with van der Waals surface area (Å²) in [5, 5.41) is 17.0. The Morgan fingerprint density at radius 2 is 1.86 bits per heavy atom. The number of rotatable bonds is 6. The highest BCUT2D eigenvalue weighted by molar-refractivity contribution is 8.13. The number of aromatic nitrogens is 2. The molecule has 1 aromatic carbocycles. The van der Waals surface area contributed by atoms with E-state index in [9.17, 15) is 28.7 Å². The van der Waals surface area contributed by atoms with E-state index < -0.39 is 62.7 Å². The fourth-order valence-corrected chi connectivity index (χ4v) is 9.00. The maximum absolute atomic E-state index is 17.5. The summed E-state index contributed by atoms with van der Waals surface area (Å²) in [6, 6.07) is 7.46. The predicted molar refractivity (Wildman–Crippen MR) is 156 cm³/mol. The zero-order valence-electron chi connectivity index (χ0n) is 24.2. The summed E-state index contributed by atoms with van der Waals surface area (Å²) < 4.78 is 42.7. The van der Waals surface area contributed by atoms with Crippen LogP contribution < -0.4 is 10.3 Å². The number of carbonyl (C=O) groups excluding carboxylic acids is 3. The molecule has 0 unspecified atom stereocenters. The van der Waals surface area contributed by atoms with Gasteiger partial charge in [-0.25, -0.2) is 18.7 Å². The first kappa shape index (κ1) is 30.4. The molecule has 0 spiro atoms. The molecule has 3 saturated carbocycles. The molecule has 1 heterocycles. The van der Waals surface area contributed by atoms with Gasteiger partial charge in [-0.1, -0.05) is 18.6 Å². The van der Waals surface area contributed by atoms with Crippen LogP contribution in [0.25, 0.3) is 0 Å². The van der Waals surface area contributed by atoms with Crippen molar-refractivity contribution in [1.29, 1.82) is 0 Å². The number of aliphatic hydroxyl groups excluding tert-OH is 1. The molecule has 9 nitrogen and oxygen atoms in total. The highest BCUT2D eigenvalue weighted by Gasteiger charge is 2.75. The Bertz CT molecular complexity index is 1620. The van der Waals surface area contributed by atoms with Gasteiger partial charge in [0, 0.05) is 28.9 Å². The van der Waals surface area contributed by atoms with Gasteiger partial charge < -0.3 is 14.6 Å². The van der Waals surface area contributed by atoms with E-state index in [1.165, 1.54) is 48.6 Å². The first-order valence-corrected chi connectivity index (χ1v) is 15.5. The summed E-state index contributed by atoms with van der Waals surface area (Å²) in [6.45, 7) is 3.44. The normalized spacial score (nSPS) is 35.6. The molecule has 4 aliphatic carbocycles. The third-order valence-corrected chi connectivity index (χ3v) is 11.2. The molecule has 7 atom stereocenters. The molecule has 2 aromatic rings. The van der Waals surface area contributed by atoms with Crippen molar-refractivity contribution in [3.63, 3.8) is 0 Å². The lowest BCUT2D eigenvalue weighted by molar-refractivity contribution is -0.214. The van der Waals surface area contributed by atoms with Crippen molar-refractivity contribution in [3.8, 4) is 11.6 Å². The third kappa shape index (κ3) is 4.40. The zero-order chi connectivity index (χ0) is 31.5. The number of alkyl halides is 2. The van der Waals surface area contributed by atoms with Gasteiger partial charge in [0.05, 0.1) is 11.7 Å². The highest BCUT2D eigenvalue weighted by Crippen LogP contribution is 2.70. The summed E-state index contributed by atoms with van der Waals surface area (Å²) in [5.74, 6) is -1.75. The number of ketones is 1. The summed E-state index contributed by atoms with van der Waals surface area (Å²) >= 11 is 0.403. The van der Waals surface area contributed by atoms with Crippen LogP contribution in [0, 0.1) is 22.7 Å². The number of hydrogen-bond acceptors (Lipinski definition) is 9. The monoisotopic (exact) mass is 626 g/mol. The van der Waals surface area contributed by atoms with E-state index in [1.807, 2.05) is 0 Å². The Morgan fingerprint density at radius 1 is 1.11 bits per heavy atom. The molecular formula is C32H32F2N2O7S. The van der Waals surface area contributed by atoms with Gasteiger partial charge in [-0.05, 0) is 93.1 Å². The van der Waals surface area contributed by atoms with Crippen LogP contribution in [0.15, 0.2) is 65.0 Å². The van der Waals surface area contributed by atoms with Gasteiger partial charge in [-0.15, -0.1) is 5.10 Å². The number of carbonyl (C=O) groups is 3. The van der Waals surface area contributed by atoms with Crippen molar-refractivity contribution >= 4 is 28.6 Å². The number of halogens is 2. The van der Waals surface area contributed by atoms with E-state index >= 15 is 4.39 Å². The number of H-pyrrole nitrogens is 1. The van der Waals surface area contributed by atoms with Crippen LogP contribution in [0.3, 0.4) is 0 Å². The van der Waals surface area contributed by atoms with Crippen molar-refractivity contribution in [3.05, 3.63) is 76.1 Å². The van der Waals surface area contributed by atoms with Crippen molar-refractivity contribution in [2.75, 3.05) is 6.01 Å². The van der Waals surface area contributed by atoms with E-state index in [2.05, 4.69) is 10.2 Å². The van der Waals surface area contributed by atoms with Gasteiger partial charge in [0.2, 0.25) is 11.0 Å². The number of aromatic amines is 1. The Hall–Kier alpha value is -3.64. The molecule has 6 rings (SSSR count). The van der Waals surface area contributed by atoms with E-state index in [4.69, 9.17) is 9.47 Å². The fraction of sp³-hybridized carbons (Fsp3) is 0.469. The number of nitrogens with zero attached hydrogens (tertiary/aromatic N) is 1. The predicted octanol–water partition coefficient (Wildman–Crippen LogP) is 5.02. The van der Waals surface area contributed by atoms with Crippen LogP contribution in [0.5, 0.6) is 11.6 Å². The van der Waals surface area contributed by atoms with E-state index in [1.54, 1.807) is 19.9 Å². The molecule has 12 heteroatoms. The molecular weight excluding hydrogens is 594 g/mol. The summed E-state index contributed by atoms with van der Waals surface area (Å²) in [7, 11) is 0. The molecule has 2 N–H and O–H groups in total. The maximum atomic E-state index is 17.5. The first-order chi connectivity index (χ1) is 20.9. The van der Waals surface area contributed by atoms with Crippen LogP contribution in [0.2, 0.25) is 0 Å². The molecule has 44 heavy (non-hydrogen) atoms. The summed E-state index contributed by atoms with van der Waals surface area (Å²) in [5.41, 5.74) is -5.98. The number of ether oxygens (including phenoxy) is 2. The lowest BCUT2D eigenvalue weighted by atomic mass is 9.45. The number of fused-ring (bicyclic) bond motifs is 5. The van der Waals surface area contributed by atoms with Crippen LogP contribution in [-0.2, 0) is 14.3 Å². The number of hydrogen-bond donors (Lipinski definition) is 2. The summed E-state index contributed by atoms with van der Waals surface area (Å²) in [6.07, 6.45) is 3.78. The number of allylic oxidation sites excluding steroid dienone is 4. The molecule has 0 saturated heterocycles. The fourth-order valence-electron chi connectivity index (χ4n) is 8.29. The van der Waals surface area contributed by atoms with Gasteiger partial charge >= 0.3 is 5.97 Å². The highest BCUT2D eigenvalue weighted by atomic mass is 32.2. The van der Waals surface area contributed by atoms with Gasteiger partial charge in [-0.2, -0.15) is 0 Å². The third-order valence-electron chi connectivity index (χ3n) is 10.5. The van der Waals surface area contributed by atoms with Crippen LogP contribution in [0.4, 0.5) is 8.78 Å². The SMILES string of the molecule is C[C@]12C=CC(=O)C=C1CC[C@H]1[C@@H]3CC[C@](OC(=O)c4ccc(Oc5ccc(=O)[nH]n5)cc4)(C(=O)SCF)[C@@]3(C)C[C@H](O)[C@@]12F. The molecule has 3 fully saturated rings. The maximum Gasteiger partial charge on any atom is 0.339 e. The lowest BCUT2D eigenvalue weighted by Crippen LogP contribution is -2.69. The quantitative estimate of drug-likeness (QED) is 0.424. The molecule has 0 aliphatic heterocycles. The van der Waals surface area contributed by atoms with Gasteiger partial charge in [0.25, 0.3) is 5.56 Å². The Balaban J connectivity index is 1.30. The molecule has 0 bridgehead atoms. The van der Waals surface area contributed by atoms with Crippen LogP contribution >= 0.6 is 11.8 Å². The Kier molecular flexibility index (Phi) is 7.43. The number of benzene rings is 1. The summed E-state index contributed by atoms with van der Waals surface area (Å²) in [4.78, 5) is 50.6. The standard InChI is InChI=1S/C32H32F2N2O7S/c1-29-13-11-20(37)15-19(29)5-8-23-22-12-14-31(28(41)44-17-33,30(22,2)16-24(38)32(23,29)34)43-27(40)18-3-6-21(7-4-18)42-26-10-9-25(39)35-36-26/h3-4,6-7,9-11,13,15,22-24,38H,5,8,12,14,16-17H2,1-2H3,(H,35,39)/t22-,23-,24-,29-,30-,31-,32-/m0/s1. The molecule has 1 aromatic heterocycles. The number of esters is 1. The average Bonchev–Trinajstić information content (AvgIpc) is 3.28. The van der Waals surface area contributed by atoms with E-state index in [-0.39, 0.29) is 30.1 Å². The Labute approximate surface area is 256 Å². The second kappa shape index (κ2) is 10.8. The number of aliphatic hydroxyl groups is 1. The van der Waals surface area contributed by atoms with E-state index in [0.29, 0.717) is 42.3 Å². The number of nitrogens with one attached hydrogen (secondary N) is 1. The average molecular weight is 627 g/mol. The number of thioether (sulfide) groups is 1. The second-order valence-corrected chi connectivity index (χ2v) is 13.3. The zero-order valence-corrected chi connectivity index (χ0v) is 25.0. The van der Waals surface area contributed by atoms with Gasteiger partial charge in [0.15, 0.2) is 17.1 Å². The second-order valence-electron chi connectivity index (χ2n) is 12.4. The van der Waals surface area contributed by atoms with Gasteiger partial charge in [-0.3, -0.25) is 14.4 Å². The smallest absolute Gasteiger partial charge is 0.339 e. The van der Waals surface area contributed by atoms with Crippen molar-refractivity contribution in [2.45, 2.75) is 63.3 Å². The molecule has 0 amide bonds. The minimum absolute atomic E-state index is 0.0534. The first-order valence-electron chi connectivity index (χ1n) is 14.5. The van der Waals surface area contributed by atoms with Gasteiger partial charge in [0.1, 0.15) is 11.8 Å². The minimum Gasteiger partial charge on any atom is -0.446 e. The van der Waals surface area contributed by atoms with Crippen molar-refractivity contribution < 1.29 is 37.7 Å². The molecule has 4 aliphatic rings. The minimum atomic E-state index is -2.12. The topological polar surface area (TPSA) is 136 Å². The Morgan fingerprint density at radius 3 is 2.55 bits per heavy atom. The van der Waals surface area contributed by atoms with Crippen LogP contribution in [0.1, 0.15) is 56.3 Å². The lowest BCUT2D eigenvalue weighted by Gasteiger charge is -2.62. The van der Waals surface area contributed by atoms with E-state index in [0.717, 1.165) is 0 Å². The molecule has 232 valence electrons. The largest absolute Gasteiger partial charge is 0.446 e. The van der Waals surface area contributed by atoms with Crippen molar-refractivity contribution in [1.82, 2.24) is 10.2 Å². The van der Waals surface area contributed by atoms with Crippen molar-refractivity contribution in [2.24, 2.45) is 22.7 Å². The molecule has 0 radical (unpaired) electrons.